The number of aromatic hydroxyl groups is 3. The summed E-state index contributed by atoms with van der Waals surface area (Å²) >= 11 is 0. The molecule has 9 N–H and O–H groups in total. The highest BCUT2D eigenvalue weighted by atomic mass is 16.7. The Labute approximate surface area is 236 Å². The maximum Gasteiger partial charge on any atom is 0.197 e. The minimum atomic E-state index is -1.86. The average molecular weight is 595 g/mol. The SMILES string of the molecule is COc1cc(-c2cc(=O)c3c(O)c([C@@H]4O[C@H](CO)[C@@H](O)[C@H](O)[C@H]4O[C@@H]4OC[C@H](O)[C@H](O)[C@H]4O)c(O)cc3o2)ccc1O. The van der Waals surface area contributed by atoms with E-state index in [1.165, 1.54) is 25.3 Å². The molecule has 2 aromatic carbocycles. The normalized spacial score (nSPS) is 31.7. The Balaban J connectivity index is 1.59. The lowest BCUT2D eigenvalue weighted by Gasteiger charge is -2.45. The third kappa shape index (κ3) is 5.15. The largest absolute Gasteiger partial charge is 0.507 e. The van der Waals surface area contributed by atoms with E-state index < -0.39 is 96.2 Å². The molecule has 0 amide bonds. The van der Waals surface area contributed by atoms with Crippen molar-refractivity contribution >= 4 is 11.0 Å². The molecule has 0 aliphatic carbocycles. The summed E-state index contributed by atoms with van der Waals surface area (Å²) in [4.78, 5) is 13.2. The zero-order valence-electron chi connectivity index (χ0n) is 22.0. The molecule has 0 saturated carbocycles. The van der Waals surface area contributed by atoms with Crippen molar-refractivity contribution in [1.29, 1.82) is 0 Å². The highest BCUT2D eigenvalue weighted by Gasteiger charge is 2.50. The molecule has 0 radical (unpaired) electrons. The molecule has 0 spiro atoms. The number of ether oxygens (including phenoxy) is 4. The fourth-order valence-electron chi connectivity index (χ4n) is 5.09. The molecule has 2 saturated heterocycles. The van der Waals surface area contributed by atoms with E-state index >= 15 is 0 Å². The highest BCUT2D eigenvalue weighted by Crippen LogP contribution is 2.46. The second-order valence-corrected chi connectivity index (χ2v) is 10.0. The summed E-state index contributed by atoms with van der Waals surface area (Å²) in [5, 5.41) is 92.9. The predicted octanol–water partition coefficient (Wildman–Crippen LogP) is -1.44. The van der Waals surface area contributed by atoms with Gasteiger partial charge in [0, 0.05) is 17.7 Å². The molecule has 15 nitrogen and oxygen atoms in total. The van der Waals surface area contributed by atoms with Gasteiger partial charge in [0.05, 0.1) is 25.9 Å². The van der Waals surface area contributed by atoms with E-state index in [0.29, 0.717) is 5.56 Å². The van der Waals surface area contributed by atoms with E-state index in [1.807, 2.05) is 0 Å². The fraction of sp³-hybridized carbons (Fsp3) is 0.444. The van der Waals surface area contributed by atoms with E-state index in [-0.39, 0.29) is 22.8 Å². The smallest absolute Gasteiger partial charge is 0.197 e. The highest BCUT2D eigenvalue weighted by molar-refractivity contribution is 5.88. The molecule has 2 aliphatic heterocycles. The van der Waals surface area contributed by atoms with E-state index in [4.69, 9.17) is 23.4 Å². The van der Waals surface area contributed by atoms with Gasteiger partial charge in [-0.15, -0.1) is 0 Å². The molecule has 0 bridgehead atoms. The first-order valence-electron chi connectivity index (χ1n) is 12.8. The standard InChI is InChI=1S/C27H30O15/c1-38-15-4-9(2-3-10(15)29)14-5-11(30)18-16(40-14)6-12(31)19(22(18)35)25-26(23(36)21(34)17(7-28)41-25)42-27-24(37)20(33)13(32)8-39-27/h2-6,13,17,20-21,23-29,31-37H,7-8H2,1H3/t13-,17+,20-,21+,23-,24+,25-,26+,27-/m0/s1. The summed E-state index contributed by atoms with van der Waals surface area (Å²) in [7, 11) is 1.33. The Bertz CT molecular complexity index is 1510. The monoisotopic (exact) mass is 594 g/mol. The van der Waals surface area contributed by atoms with Crippen LogP contribution in [-0.2, 0) is 14.2 Å². The molecule has 2 aliphatic rings. The molecule has 228 valence electrons. The van der Waals surface area contributed by atoms with Crippen LogP contribution in [0.25, 0.3) is 22.3 Å². The zero-order chi connectivity index (χ0) is 30.5. The van der Waals surface area contributed by atoms with Gasteiger partial charge in [-0.2, -0.15) is 0 Å². The maximum atomic E-state index is 13.2. The van der Waals surface area contributed by atoms with Crippen molar-refractivity contribution in [3.63, 3.8) is 0 Å². The van der Waals surface area contributed by atoms with Crippen LogP contribution in [-0.4, -0.2) is 115 Å². The van der Waals surface area contributed by atoms with Crippen molar-refractivity contribution in [1.82, 2.24) is 0 Å². The lowest BCUT2D eigenvalue weighted by atomic mass is 9.89. The minimum Gasteiger partial charge on any atom is -0.507 e. The van der Waals surface area contributed by atoms with E-state index in [9.17, 15) is 50.8 Å². The van der Waals surface area contributed by atoms with Crippen LogP contribution >= 0.6 is 0 Å². The van der Waals surface area contributed by atoms with Gasteiger partial charge in [0.1, 0.15) is 77.1 Å². The van der Waals surface area contributed by atoms with Gasteiger partial charge in [0.15, 0.2) is 23.2 Å². The minimum absolute atomic E-state index is 0.00976. The number of aliphatic hydroxyl groups is 6. The molecule has 3 aromatic rings. The average Bonchev–Trinajstić information content (AvgIpc) is 2.96. The van der Waals surface area contributed by atoms with Gasteiger partial charge in [-0.25, -0.2) is 0 Å². The van der Waals surface area contributed by atoms with Crippen molar-refractivity contribution in [3.8, 4) is 34.3 Å². The first-order valence-corrected chi connectivity index (χ1v) is 12.8. The van der Waals surface area contributed by atoms with Crippen LogP contribution in [0.4, 0.5) is 0 Å². The van der Waals surface area contributed by atoms with Crippen molar-refractivity contribution in [2.45, 2.75) is 55.1 Å². The number of hydrogen-bond acceptors (Lipinski definition) is 15. The third-order valence-electron chi connectivity index (χ3n) is 7.37. The van der Waals surface area contributed by atoms with Crippen LogP contribution in [0.15, 0.2) is 39.5 Å². The van der Waals surface area contributed by atoms with Crippen molar-refractivity contribution in [2.24, 2.45) is 0 Å². The molecule has 15 heteroatoms. The predicted molar refractivity (Wildman–Crippen MR) is 139 cm³/mol. The summed E-state index contributed by atoms with van der Waals surface area (Å²) in [5.74, 6) is -1.56. The molecular formula is C27H30O15. The number of phenolic OH excluding ortho intramolecular Hbond substituents is 3. The topological polar surface area (TPSA) is 249 Å². The molecule has 2 fully saturated rings. The number of hydrogen-bond donors (Lipinski definition) is 9. The zero-order valence-corrected chi connectivity index (χ0v) is 22.0. The Morgan fingerprint density at radius 1 is 0.929 bits per heavy atom. The van der Waals surface area contributed by atoms with Crippen LogP contribution in [0.5, 0.6) is 23.0 Å². The van der Waals surface area contributed by atoms with Gasteiger partial charge in [0.2, 0.25) is 0 Å². The van der Waals surface area contributed by atoms with Gasteiger partial charge in [-0.3, -0.25) is 4.79 Å². The Morgan fingerprint density at radius 2 is 1.67 bits per heavy atom. The summed E-state index contributed by atoms with van der Waals surface area (Å²) in [6.07, 6.45) is -15.0. The fourth-order valence-corrected chi connectivity index (χ4v) is 5.09. The lowest BCUT2D eigenvalue weighted by molar-refractivity contribution is -0.325. The second-order valence-electron chi connectivity index (χ2n) is 10.0. The second kappa shape index (κ2) is 11.6. The molecule has 5 rings (SSSR count). The summed E-state index contributed by atoms with van der Waals surface area (Å²) < 4.78 is 27.4. The van der Waals surface area contributed by atoms with Gasteiger partial charge in [-0.05, 0) is 18.2 Å². The van der Waals surface area contributed by atoms with E-state index in [1.54, 1.807) is 0 Å². The molecule has 42 heavy (non-hydrogen) atoms. The molecule has 9 atom stereocenters. The van der Waals surface area contributed by atoms with Gasteiger partial charge in [-0.1, -0.05) is 0 Å². The third-order valence-corrected chi connectivity index (χ3v) is 7.37. The van der Waals surface area contributed by atoms with Crippen LogP contribution < -0.4 is 10.2 Å². The van der Waals surface area contributed by atoms with Crippen LogP contribution in [0.3, 0.4) is 0 Å². The Kier molecular flexibility index (Phi) is 8.30. The Hall–Kier alpha value is -3.51. The summed E-state index contributed by atoms with van der Waals surface area (Å²) in [5.41, 5.74) is -1.15. The van der Waals surface area contributed by atoms with Crippen LogP contribution in [0.1, 0.15) is 11.7 Å². The van der Waals surface area contributed by atoms with Crippen molar-refractivity contribution in [3.05, 3.63) is 46.1 Å². The summed E-state index contributed by atoms with van der Waals surface area (Å²) in [6.45, 7) is -1.26. The number of benzene rings is 2. The van der Waals surface area contributed by atoms with Crippen LogP contribution in [0.2, 0.25) is 0 Å². The van der Waals surface area contributed by atoms with Crippen molar-refractivity contribution < 1.29 is 69.3 Å². The number of fused-ring (bicyclic) bond motifs is 1. The van der Waals surface area contributed by atoms with Gasteiger partial charge in [0.25, 0.3) is 0 Å². The summed E-state index contributed by atoms with van der Waals surface area (Å²) in [6, 6.07) is 6.24. The first-order chi connectivity index (χ1) is 20.0. The van der Waals surface area contributed by atoms with E-state index in [0.717, 1.165) is 12.1 Å². The number of aliphatic hydroxyl groups excluding tert-OH is 6. The quantitative estimate of drug-likeness (QED) is 0.159. The maximum absolute atomic E-state index is 13.2. The number of methoxy groups -OCH3 is 1. The van der Waals surface area contributed by atoms with Gasteiger partial charge >= 0.3 is 0 Å². The Morgan fingerprint density at radius 3 is 2.36 bits per heavy atom. The molecule has 1 aromatic heterocycles. The molecule has 3 heterocycles. The number of phenols is 3. The lowest BCUT2D eigenvalue weighted by Crippen LogP contribution is -2.60. The number of rotatable bonds is 6. The molecule has 0 unspecified atom stereocenters. The van der Waals surface area contributed by atoms with Gasteiger partial charge < -0.3 is 69.3 Å². The van der Waals surface area contributed by atoms with Crippen molar-refractivity contribution in [2.75, 3.05) is 20.3 Å². The molecular weight excluding hydrogens is 564 g/mol. The first kappa shape index (κ1) is 30.0. The van der Waals surface area contributed by atoms with Crippen LogP contribution in [0, 0.1) is 0 Å². The van der Waals surface area contributed by atoms with E-state index in [2.05, 4.69) is 0 Å².